The van der Waals surface area contributed by atoms with E-state index in [-0.39, 0.29) is 23.4 Å². The molecule has 0 saturated heterocycles. The fourth-order valence-corrected chi connectivity index (χ4v) is 1.28. The number of nitrogens with zero attached hydrogens (tertiary/aromatic N) is 2. The Morgan fingerprint density at radius 1 is 1.47 bits per heavy atom. The van der Waals surface area contributed by atoms with Crippen LogP contribution in [-0.2, 0) is 4.79 Å². The third kappa shape index (κ3) is 3.54. The van der Waals surface area contributed by atoms with Crippen molar-refractivity contribution in [1.29, 1.82) is 5.26 Å². The summed E-state index contributed by atoms with van der Waals surface area (Å²) in [5, 5.41) is 31.0. The Kier molecular flexibility index (Phi) is 4.60. The van der Waals surface area contributed by atoms with Crippen LogP contribution in [0.25, 0.3) is 0 Å². The highest BCUT2D eigenvalue weighted by molar-refractivity contribution is 6.06. The van der Waals surface area contributed by atoms with Gasteiger partial charge < -0.3 is 10.4 Å². The van der Waals surface area contributed by atoms with Gasteiger partial charge in [-0.25, -0.2) is 0 Å². The number of carbonyl (C=O) groups is 1. The second-order valence-corrected chi connectivity index (χ2v) is 3.55. The second kappa shape index (κ2) is 6.16. The van der Waals surface area contributed by atoms with Crippen molar-refractivity contribution in [1.82, 2.24) is 0 Å². The molecule has 0 fully saturated rings. The molecule has 1 amide bonds. The Bertz CT molecular complexity index is 570. The van der Waals surface area contributed by atoms with Gasteiger partial charge in [-0.2, -0.15) is 5.26 Å². The van der Waals surface area contributed by atoms with E-state index in [0.29, 0.717) is 5.69 Å². The van der Waals surface area contributed by atoms with E-state index in [9.17, 15) is 20.0 Å². The van der Waals surface area contributed by atoms with Crippen molar-refractivity contribution in [3.8, 4) is 6.07 Å². The van der Waals surface area contributed by atoms with Gasteiger partial charge in [-0.3, -0.25) is 14.9 Å². The Balaban J connectivity index is 2.89. The summed E-state index contributed by atoms with van der Waals surface area (Å²) in [6, 6.07) is 6.75. The van der Waals surface area contributed by atoms with Crippen molar-refractivity contribution in [2.75, 3.05) is 5.32 Å². The fraction of sp³-hybridized carbons (Fsp3) is 0.167. The van der Waals surface area contributed by atoms with E-state index in [4.69, 9.17) is 5.26 Å². The van der Waals surface area contributed by atoms with Crippen molar-refractivity contribution >= 4 is 17.3 Å². The number of hydrogen-bond donors (Lipinski definition) is 2. The number of aliphatic hydroxyl groups excluding tert-OH is 1. The number of anilines is 1. The molecule has 1 rings (SSSR count). The Morgan fingerprint density at radius 2 is 2.05 bits per heavy atom. The van der Waals surface area contributed by atoms with E-state index in [1.54, 1.807) is 13.0 Å². The molecule has 0 heterocycles. The maximum absolute atomic E-state index is 11.7. The molecular weight excluding hydrogens is 250 g/mol. The molecule has 0 atom stereocenters. The van der Waals surface area contributed by atoms with E-state index in [0.717, 1.165) is 0 Å². The van der Waals surface area contributed by atoms with Gasteiger partial charge in [-0.15, -0.1) is 0 Å². The highest BCUT2D eigenvalue weighted by atomic mass is 16.6. The SMILES string of the molecule is CCC(O)=C(C#N)C(=O)Nc1ccc([N+](=O)[O-])cc1. The molecule has 1 aromatic carbocycles. The quantitative estimate of drug-likeness (QED) is 0.283. The monoisotopic (exact) mass is 261 g/mol. The molecule has 0 bridgehead atoms. The molecule has 0 aromatic heterocycles. The number of hydrogen-bond acceptors (Lipinski definition) is 5. The molecule has 19 heavy (non-hydrogen) atoms. The molecule has 2 N–H and O–H groups in total. The number of nitro benzene ring substituents is 1. The van der Waals surface area contributed by atoms with E-state index in [1.807, 2.05) is 0 Å². The maximum Gasteiger partial charge on any atom is 0.269 e. The number of nitro groups is 1. The first-order chi connectivity index (χ1) is 8.99. The Hall–Kier alpha value is -2.88. The van der Waals surface area contributed by atoms with Crippen LogP contribution < -0.4 is 5.32 Å². The van der Waals surface area contributed by atoms with Crippen LogP contribution in [-0.4, -0.2) is 15.9 Å². The van der Waals surface area contributed by atoms with Crippen LogP contribution >= 0.6 is 0 Å². The first-order valence-corrected chi connectivity index (χ1v) is 5.37. The average Bonchev–Trinajstić information content (AvgIpc) is 2.39. The Labute approximate surface area is 108 Å². The normalized spacial score (nSPS) is 11.2. The molecule has 7 heteroatoms. The zero-order valence-corrected chi connectivity index (χ0v) is 10.1. The predicted octanol–water partition coefficient (Wildman–Crippen LogP) is 2.28. The number of non-ortho nitro benzene ring substituents is 1. The first kappa shape index (κ1) is 14.2. The summed E-state index contributed by atoms with van der Waals surface area (Å²) in [5.74, 6) is -1.06. The van der Waals surface area contributed by atoms with Gasteiger partial charge in [-0.05, 0) is 12.1 Å². The van der Waals surface area contributed by atoms with Crippen molar-refractivity contribution in [2.45, 2.75) is 13.3 Å². The van der Waals surface area contributed by atoms with Gasteiger partial charge in [0.2, 0.25) is 0 Å². The highest BCUT2D eigenvalue weighted by Gasteiger charge is 2.14. The lowest BCUT2D eigenvalue weighted by Crippen LogP contribution is -2.15. The van der Waals surface area contributed by atoms with Crippen LogP contribution in [0.3, 0.4) is 0 Å². The lowest BCUT2D eigenvalue weighted by molar-refractivity contribution is -0.384. The predicted molar refractivity (Wildman–Crippen MR) is 67.3 cm³/mol. The maximum atomic E-state index is 11.7. The zero-order valence-electron chi connectivity index (χ0n) is 10.1. The number of benzene rings is 1. The topological polar surface area (TPSA) is 116 Å². The van der Waals surface area contributed by atoms with E-state index < -0.39 is 10.8 Å². The molecule has 0 aliphatic carbocycles. The summed E-state index contributed by atoms with van der Waals surface area (Å²) < 4.78 is 0. The van der Waals surface area contributed by atoms with Crippen LogP contribution in [0.1, 0.15) is 13.3 Å². The van der Waals surface area contributed by atoms with Gasteiger partial charge in [-0.1, -0.05) is 6.92 Å². The van der Waals surface area contributed by atoms with Crippen LogP contribution in [0.5, 0.6) is 0 Å². The molecule has 0 saturated carbocycles. The molecule has 1 aromatic rings. The molecule has 0 aliphatic rings. The molecule has 0 aliphatic heterocycles. The molecule has 7 nitrogen and oxygen atoms in total. The number of rotatable bonds is 4. The van der Waals surface area contributed by atoms with Crippen LogP contribution in [0.4, 0.5) is 11.4 Å². The number of carbonyl (C=O) groups excluding carboxylic acids is 1. The standard InChI is InChI=1S/C12H11N3O4/c1-2-11(16)10(7-13)12(17)14-8-3-5-9(6-4-8)15(18)19/h3-6,16H,2H2,1H3,(H,14,17). The summed E-state index contributed by atoms with van der Waals surface area (Å²) in [5.41, 5.74) is -0.182. The minimum atomic E-state index is -0.754. The highest BCUT2D eigenvalue weighted by Crippen LogP contribution is 2.16. The summed E-state index contributed by atoms with van der Waals surface area (Å²) in [4.78, 5) is 21.6. The second-order valence-electron chi connectivity index (χ2n) is 3.55. The summed E-state index contributed by atoms with van der Waals surface area (Å²) in [6.07, 6.45) is 0.163. The summed E-state index contributed by atoms with van der Waals surface area (Å²) >= 11 is 0. The number of aliphatic hydroxyl groups is 1. The minimum Gasteiger partial charge on any atom is -0.511 e. The van der Waals surface area contributed by atoms with Crippen molar-refractivity contribution in [3.63, 3.8) is 0 Å². The van der Waals surface area contributed by atoms with Crippen molar-refractivity contribution in [2.24, 2.45) is 0 Å². The van der Waals surface area contributed by atoms with Gasteiger partial charge in [0.25, 0.3) is 11.6 Å². The van der Waals surface area contributed by atoms with Gasteiger partial charge >= 0.3 is 0 Å². The van der Waals surface area contributed by atoms with Gasteiger partial charge in [0, 0.05) is 24.2 Å². The summed E-state index contributed by atoms with van der Waals surface area (Å²) in [7, 11) is 0. The fourth-order valence-electron chi connectivity index (χ4n) is 1.28. The number of nitrogens with one attached hydrogen (secondary N) is 1. The van der Waals surface area contributed by atoms with Crippen LogP contribution in [0, 0.1) is 21.4 Å². The van der Waals surface area contributed by atoms with Crippen LogP contribution in [0.2, 0.25) is 0 Å². The third-order valence-corrected chi connectivity index (χ3v) is 2.30. The number of nitriles is 1. The first-order valence-electron chi connectivity index (χ1n) is 5.37. The minimum absolute atomic E-state index is 0.106. The van der Waals surface area contributed by atoms with E-state index in [2.05, 4.69) is 5.32 Å². The van der Waals surface area contributed by atoms with Crippen LogP contribution in [0.15, 0.2) is 35.6 Å². The molecule has 0 unspecified atom stereocenters. The van der Waals surface area contributed by atoms with Crippen molar-refractivity contribution < 1.29 is 14.8 Å². The molecule has 0 spiro atoms. The summed E-state index contributed by atoms with van der Waals surface area (Å²) in [6.45, 7) is 1.60. The Morgan fingerprint density at radius 3 is 2.47 bits per heavy atom. The smallest absolute Gasteiger partial charge is 0.269 e. The largest absolute Gasteiger partial charge is 0.511 e. The number of amides is 1. The average molecular weight is 261 g/mol. The number of allylic oxidation sites excluding steroid dienone is 1. The molecular formula is C12H11N3O4. The third-order valence-electron chi connectivity index (χ3n) is 2.30. The van der Waals surface area contributed by atoms with E-state index >= 15 is 0 Å². The lowest BCUT2D eigenvalue weighted by atomic mass is 10.2. The molecule has 0 radical (unpaired) electrons. The molecule has 98 valence electrons. The van der Waals surface area contributed by atoms with Gasteiger partial charge in [0.1, 0.15) is 11.8 Å². The van der Waals surface area contributed by atoms with E-state index in [1.165, 1.54) is 24.3 Å². The van der Waals surface area contributed by atoms with Gasteiger partial charge in [0.15, 0.2) is 5.57 Å². The van der Waals surface area contributed by atoms with Gasteiger partial charge in [0.05, 0.1) is 4.92 Å². The zero-order chi connectivity index (χ0) is 14.4. The van der Waals surface area contributed by atoms with Crippen molar-refractivity contribution in [3.05, 3.63) is 45.7 Å². The lowest BCUT2D eigenvalue weighted by Gasteiger charge is -2.05.